The molecule has 0 aromatic carbocycles. The van der Waals surface area contributed by atoms with Crippen molar-refractivity contribution in [3.63, 3.8) is 0 Å². The first-order valence-corrected chi connectivity index (χ1v) is 9.04. The molecule has 0 amide bonds. The van der Waals surface area contributed by atoms with Gasteiger partial charge in [0, 0.05) is 47.9 Å². The molecular formula is C20H22N4O2. The van der Waals surface area contributed by atoms with Crippen molar-refractivity contribution in [2.24, 2.45) is 0 Å². The smallest absolute Gasteiger partial charge is 0.250 e. The zero-order valence-electron chi connectivity index (χ0n) is 15.1. The molecule has 3 aromatic rings. The summed E-state index contributed by atoms with van der Waals surface area (Å²) in [6.07, 6.45) is 9.12. The van der Waals surface area contributed by atoms with E-state index in [1.54, 1.807) is 21.4 Å². The van der Waals surface area contributed by atoms with Crippen LogP contribution in [0.15, 0.2) is 47.7 Å². The second kappa shape index (κ2) is 6.78. The summed E-state index contributed by atoms with van der Waals surface area (Å²) in [5.74, 6) is 0.688. The first-order valence-electron chi connectivity index (χ1n) is 9.04. The van der Waals surface area contributed by atoms with E-state index in [0.717, 1.165) is 41.8 Å². The zero-order chi connectivity index (χ0) is 18.1. The Hall–Kier alpha value is -2.89. The van der Waals surface area contributed by atoms with Gasteiger partial charge in [0.05, 0.1) is 11.9 Å². The van der Waals surface area contributed by atoms with E-state index >= 15 is 0 Å². The van der Waals surface area contributed by atoms with Gasteiger partial charge in [-0.1, -0.05) is 6.92 Å². The van der Waals surface area contributed by atoms with E-state index < -0.39 is 0 Å². The number of ether oxygens (including phenoxy) is 1. The average Bonchev–Trinajstić information content (AvgIpc) is 3.30. The minimum absolute atomic E-state index is 0.00859. The molecular weight excluding hydrogens is 328 g/mol. The van der Waals surface area contributed by atoms with Crippen molar-refractivity contribution in [3.8, 4) is 22.7 Å². The maximum atomic E-state index is 11.9. The standard InChI is InChI=1S/C20H22N4O2/c1-3-10-23-13-16(4-9-20(23)25)24-12-15(11-21-24)18-7-8-19(22-14(18)2)26-17-5-6-17/h4,7-9,11-13,17H,3,5-6,10H2,1-2H3. The molecule has 0 spiro atoms. The summed E-state index contributed by atoms with van der Waals surface area (Å²) in [5, 5.41) is 4.46. The van der Waals surface area contributed by atoms with E-state index in [1.165, 1.54) is 0 Å². The normalized spacial score (nSPS) is 13.8. The van der Waals surface area contributed by atoms with Crippen LogP contribution < -0.4 is 10.3 Å². The van der Waals surface area contributed by atoms with Crippen LogP contribution in [0.2, 0.25) is 0 Å². The Bertz CT molecular complexity index is 985. The lowest BCUT2D eigenvalue weighted by Crippen LogP contribution is -2.19. The summed E-state index contributed by atoms with van der Waals surface area (Å²) >= 11 is 0. The van der Waals surface area contributed by atoms with Gasteiger partial charge >= 0.3 is 0 Å². The van der Waals surface area contributed by atoms with Crippen LogP contribution in [0.5, 0.6) is 5.88 Å². The van der Waals surface area contributed by atoms with Crippen LogP contribution in [0.3, 0.4) is 0 Å². The highest BCUT2D eigenvalue weighted by Gasteiger charge is 2.24. The summed E-state index contributed by atoms with van der Waals surface area (Å²) in [5.41, 5.74) is 3.80. The highest BCUT2D eigenvalue weighted by atomic mass is 16.5. The lowest BCUT2D eigenvalue weighted by molar-refractivity contribution is 0.290. The first kappa shape index (κ1) is 16.6. The van der Waals surface area contributed by atoms with E-state index in [4.69, 9.17) is 4.74 Å². The van der Waals surface area contributed by atoms with E-state index in [1.807, 2.05) is 37.6 Å². The molecule has 26 heavy (non-hydrogen) atoms. The van der Waals surface area contributed by atoms with Crippen molar-refractivity contribution in [2.75, 3.05) is 0 Å². The Morgan fingerprint density at radius 3 is 2.77 bits per heavy atom. The van der Waals surface area contributed by atoms with Crippen molar-refractivity contribution >= 4 is 0 Å². The van der Waals surface area contributed by atoms with Gasteiger partial charge in [0.2, 0.25) is 5.88 Å². The van der Waals surface area contributed by atoms with Crippen LogP contribution >= 0.6 is 0 Å². The van der Waals surface area contributed by atoms with Crippen molar-refractivity contribution in [3.05, 3.63) is 58.9 Å². The molecule has 1 aliphatic rings. The van der Waals surface area contributed by atoms with Gasteiger partial charge in [-0.25, -0.2) is 9.67 Å². The summed E-state index contributed by atoms with van der Waals surface area (Å²) in [6.45, 7) is 4.73. The summed E-state index contributed by atoms with van der Waals surface area (Å²) in [6, 6.07) is 7.32. The Kier molecular flexibility index (Phi) is 4.32. The Labute approximate surface area is 152 Å². The van der Waals surface area contributed by atoms with Gasteiger partial charge in [-0.3, -0.25) is 4.79 Å². The number of pyridine rings is 2. The Morgan fingerprint density at radius 2 is 2.04 bits per heavy atom. The molecule has 0 saturated heterocycles. The van der Waals surface area contributed by atoms with Crippen LogP contribution in [0, 0.1) is 6.92 Å². The highest BCUT2D eigenvalue weighted by molar-refractivity contribution is 5.65. The second-order valence-electron chi connectivity index (χ2n) is 6.69. The molecule has 0 N–H and O–H groups in total. The second-order valence-corrected chi connectivity index (χ2v) is 6.69. The molecule has 1 aliphatic carbocycles. The maximum absolute atomic E-state index is 11.9. The summed E-state index contributed by atoms with van der Waals surface area (Å²) in [4.78, 5) is 16.4. The van der Waals surface area contributed by atoms with Crippen molar-refractivity contribution in [1.29, 1.82) is 0 Å². The molecule has 1 saturated carbocycles. The fourth-order valence-corrected chi connectivity index (χ4v) is 2.94. The molecule has 4 rings (SSSR count). The quantitative estimate of drug-likeness (QED) is 0.684. The number of rotatable bonds is 6. The third-order valence-corrected chi connectivity index (χ3v) is 4.46. The largest absolute Gasteiger partial charge is 0.474 e. The van der Waals surface area contributed by atoms with Gasteiger partial charge < -0.3 is 9.30 Å². The molecule has 3 heterocycles. The van der Waals surface area contributed by atoms with E-state index in [0.29, 0.717) is 18.5 Å². The SMILES string of the molecule is CCCn1cc(-n2cc(-c3ccc(OC4CC4)nc3C)cn2)ccc1=O. The molecule has 0 bridgehead atoms. The van der Waals surface area contributed by atoms with Crippen LogP contribution in [-0.4, -0.2) is 25.4 Å². The Morgan fingerprint density at radius 1 is 1.19 bits per heavy atom. The van der Waals surface area contributed by atoms with Gasteiger partial charge in [0.15, 0.2) is 0 Å². The Balaban J connectivity index is 1.61. The number of aromatic nitrogens is 4. The molecule has 0 aliphatic heterocycles. The number of nitrogens with zero attached hydrogens (tertiary/aromatic N) is 4. The van der Waals surface area contributed by atoms with Crippen molar-refractivity contribution in [2.45, 2.75) is 45.8 Å². The average molecular weight is 350 g/mol. The molecule has 0 radical (unpaired) electrons. The third-order valence-electron chi connectivity index (χ3n) is 4.46. The third kappa shape index (κ3) is 3.40. The molecule has 0 atom stereocenters. The fourth-order valence-electron chi connectivity index (χ4n) is 2.94. The van der Waals surface area contributed by atoms with Gasteiger partial charge in [0.1, 0.15) is 6.10 Å². The first-order chi connectivity index (χ1) is 12.6. The summed E-state index contributed by atoms with van der Waals surface area (Å²) < 4.78 is 9.26. The van der Waals surface area contributed by atoms with Crippen molar-refractivity contribution < 1.29 is 4.74 Å². The number of aryl methyl sites for hydroxylation is 2. The lowest BCUT2D eigenvalue weighted by Gasteiger charge is -2.08. The van der Waals surface area contributed by atoms with Gasteiger partial charge in [-0.15, -0.1) is 0 Å². The van der Waals surface area contributed by atoms with Gasteiger partial charge in [-0.05, 0) is 38.3 Å². The van der Waals surface area contributed by atoms with Crippen LogP contribution in [0.25, 0.3) is 16.8 Å². The van der Waals surface area contributed by atoms with Crippen molar-refractivity contribution in [1.82, 2.24) is 19.3 Å². The minimum Gasteiger partial charge on any atom is -0.474 e. The number of hydrogen-bond acceptors (Lipinski definition) is 4. The van der Waals surface area contributed by atoms with Crippen LogP contribution in [0.4, 0.5) is 0 Å². The molecule has 1 fully saturated rings. The summed E-state index contributed by atoms with van der Waals surface area (Å²) in [7, 11) is 0. The molecule has 134 valence electrons. The number of hydrogen-bond donors (Lipinski definition) is 0. The predicted octanol–water partition coefficient (Wildman–Crippen LogP) is 3.36. The molecule has 6 heteroatoms. The zero-order valence-corrected chi connectivity index (χ0v) is 15.1. The fraction of sp³-hybridized carbons (Fsp3) is 0.350. The topological polar surface area (TPSA) is 61.9 Å². The van der Waals surface area contributed by atoms with Gasteiger partial charge in [-0.2, -0.15) is 5.10 Å². The van der Waals surface area contributed by atoms with Gasteiger partial charge in [0.25, 0.3) is 5.56 Å². The molecule has 3 aromatic heterocycles. The van der Waals surface area contributed by atoms with E-state index in [9.17, 15) is 4.79 Å². The monoisotopic (exact) mass is 350 g/mol. The maximum Gasteiger partial charge on any atom is 0.250 e. The predicted molar refractivity (Wildman–Crippen MR) is 99.7 cm³/mol. The van der Waals surface area contributed by atoms with E-state index in [2.05, 4.69) is 17.0 Å². The molecule has 0 unspecified atom stereocenters. The van der Waals surface area contributed by atoms with Crippen LogP contribution in [0.1, 0.15) is 31.9 Å². The van der Waals surface area contributed by atoms with Crippen LogP contribution in [-0.2, 0) is 6.54 Å². The molecule has 6 nitrogen and oxygen atoms in total. The highest BCUT2D eigenvalue weighted by Crippen LogP contribution is 2.29. The van der Waals surface area contributed by atoms with E-state index in [-0.39, 0.29) is 5.56 Å². The minimum atomic E-state index is 0.00859. The lowest BCUT2D eigenvalue weighted by atomic mass is 10.1.